The Morgan fingerprint density at radius 1 is 0.268 bits per heavy atom. The molecule has 82 heavy (non-hydrogen) atoms. The summed E-state index contributed by atoms with van der Waals surface area (Å²) in [6, 6.07) is 105. The van der Waals surface area contributed by atoms with Gasteiger partial charge in [-0.15, -0.1) is 0 Å². The second kappa shape index (κ2) is 18.4. The molecule has 0 N–H and O–H groups in total. The second-order valence-corrected chi connectivity index (χ2v) is 21.6. The zero-order valence-corrected chi connectivity index (χ0v) is 44.5. The molecular formula is C74H48B2N4O2. The number of ether oxygens (including phenoxy) is 2. The van der Waals surface area contributed by atoms with Crippen LogP contribution in [0.5, 0.6) is 23.0 Å². The van der Waals surface area contributed by atoms with Crippen molar-refractivity contribution in [1.82, 2.24) is 0 Å². The molecule has 0 unspecified atom stereocenters. The van der Waals surface area contributed by atoms with E-state index in [9.17, 15) is 0 Å². The molecule has 8 heteroatoms. The minimum atomic E-state index is -0.155. The van der Waals surface area contributed by atoms with E-state index in [0.717, 1.165) is 135 Å². The van der Waals surface area contributed by atoms with E-state index < -0.39 is 0 Å². The number of hydrogen-bond acceptors (Lipinski definition) is 6. The zero-order valence-electron chi connectivity index (χ0n) is 44.5. The lowest BCUT2D eigenvalue weighted by atomic mass is 9.30. The molecule has 17 rings (SSSR count). The van der Waals surface area contributed by atoms with Gasteiger partial charge in [0, 0.05) is 79.0 Å². The molecular weight excluding hydrogens is 998 g/mol. The Balaban J connectivity index is 0.933. The van der Waals surface area contributed by atoms with Crippen LogP contribution >= 0.6 is 0 Å². The summed E-state index contributed by atoms with van der Waals surface area (Å²) in [6.07, 6.45) is 0. The smallest absolute Gasteiger partial charge is 0.256 e. The molecule has 0 saturated carbocycles. The van der Waals surface area contributed by atoms with Gasteiger partial charge in [-0.2, -0.15) is 0 Å². The molecule has 382 valence electrons. The molecule has 6 nitrogen and oxygen atoms in total. The van der Waals surface area contributed by atoms with Crippen LogP contribution in [0.1, 0.15) is 0 Å². The highest BCUT2D eigenvalue weighted by atomic mass is 16.5. The van der Waals surface area contributed by atoms with E-state index in [4.69, 9.17) is 9.47 Å². The molecule has 0 bridgehead atoms. The second-order valence-electron chi connectivity index (χ2n) is 21.6. The highest BCUT2D eigenvalue weighted by molar-refractivity contribution is 7.02. The Kier molecular flexibility index (Phi) is 10.4. The summed E-state index contributed by atoms with van der Waals surface area (Å²) in [6.45, 7) is -0.310. The van der Waals surface area contributed by atoms with E-state index >= 15 is 0 Å². The quantitative estimate of drug-likeness (QED) is 0.141. The van der Waals surface area contributed by atoms with Crippen LogP contribution in [0.3, 0.4) is 0 Å². The van der Waals surface area contributed by atoms with Gasteiger partial charge < -0.3 is 29.1 Å². The number of nitrogens with zero attached hydrogens (tertiary/aromatic N) is 4. The van der Waals surface area contributed by atoms with Crippen molar-refractivity contribution >= 4 is 136 Å². The fraction of sp³-hybridized carbons (Fsp3) is 0. The summed E-state index contributed by atoms with van der Waals surface area (Å²) in [5, 5.41) is 4.30. The summed E-state index contributed by atoms with van der Waals surface area (Å²) < 4.78 is 14.6. The Morgan fingerprint density at radius 3 is 0.988 bits per heavy atom. The number of para-hydroxylation sites is 8. The Bertz CT molecular complexity index is 4290. The first-order valence-electron chi connectivity index (χ1n) is 28.1. The normalized spacial score (nSPS) is 13.0. The molecule has 0 amide bonds. The molecule has 13 aromatic rings. The lowest BCUT2D eigenvalue weighted by Gasteiger charge is -2.44. The fourth-order valence-electron chi connectivity index (χ4n) is 13.6. The number of anilines is 12. The van der Waals surface area contributed by atoms with E-state index in [1.807, 2.05) is 0 Å². The van der Waals surface area contributed by atoms with Crippen LogP contribution < -0.4 is 61.9 Å². The van der Waals surface area contributed by atoms with Gasteiger partial charge in [0.15, 0.2) is 0 Å². The zero-order chi connectivity index (χ0) is 53.8. The summed E-state index contributed by atoms with van der Waals surface area (Å²) >= 11 is 0. The SMILES string of the molecule is c1ccc(N(c2ccccc2)c2ccc3c4c5c(cc3c2)N(c2ccccc2)c2cc3c(cc2B5c2ccccc2O4)B2c4ccccc4Oc4c2c(cc2cc(N(c5ccccc5)c5ccccc5)ccc42)N3c2ccccc2)cc1. The minimum Gasteiger partial charge on any atom is -0.458 e. The maximum atomic E-state index is 7.30. The number of benzene rings is 13. The molecule has 0 aliphatic carbocycles. The van der Waals surface area contributed by atoms with Gasteiger partial charge in [-0.3, -0.25) is 0 Å². The van der Waals surface area contributed by atoms with Gasteiger partial charge in [0.1, 0.15) is 23.0 Å². The van der Waals surface area contributed by atoms with E-state index in [1.54, 1.807) is 0 Å². The molecule has 0 aromatic heterocycles. The third kappa shape index (κ3) is 7.11. The van der Waals surface area contributed by atoms with E-state index in [1.165, 1.54) is 10.9 Å². The van der Waals surface area contributed by atoms with Gasteiger partial charge in [0.25, 0.3) is 13.4 Å². The molecule has 0 atom stereocenters. The first kappa shape index (κ1) is 46.2. The van der Waals surface area contributed by atoms with Crippen LogP contribution in [0.15, 0.2) is 291 Å². The molecule has 4 aliphatic heterocycles. The van der Waals surface area contributed by atoms with Gasteiger partial charge in [0.05, 0.1) is 0 Å². The maximum Gasteiger partial charge on any atom is 0.256 e. The third-order valence-electron chi connectivity index (χ3n) is 17.0. The Morgan fingerprint density at radius 2 is 0.610 bits per heavy atom. The predicted octanol–water partition coefficient (Wildman–Crippen LogP) is 15.7. The first-order chi connectivity index (χ1) is 40.7. The highest BCUT2D eigenvalue weighted by Crippen LogP contribution is 2.50. The van der Waals surface area contributed by atoms with E-state index in [-0.39, 0.29) is 13.4 Å². The largest absolute Gasteiger partial charge is 0.458 e. The molecule has 0 fully saturated rings. The van der Waals surface area contributed by atoms with Crippen molar-refractivity contribution in [2.24, 2.45) is 0 Å². The van der Waals surface area contributed by atoms with Crippen molar-refractivity contribution in [2.45, 2.75) is 0 Å². The van der Waals surface area contributed by atoms with Gasteiger partial charge >= 0.3 is 0 Å². The summed E-state index contributed by atoms with van der Waals surface area (Å²) in [7, 11) is 0. The topological polar surface area (TPSA) is 31.4 Å². The van der Waals surface area contributed by atoms with Crippen molar-refractivity contribution < 1.29 is 9.47 Å². The summed E-state index contributed by atoms with van der Waals surface area (Å²) in [5.74, 6) is 3.51. The average Bonchev–Trinajstić information content (AvgIpc) is 3.49. The average molecular weight is 1050 g/mol. The predicted molar refractivity (Wildman–Crippen MR) is 343 cm³/mol. The monoisotopic (exact) mass is 1050 g/mol. The fourth-order valence-corrected chi connectivity index (χ4v) is 13.6. The summed E-state index contributed by atoms with van der Waals surface area (Å²) in [5.41, 5.74) is 20.0. The van der Waals surface area contributed by atoms with Gasteiger partial charge in [-0.05, 0) is 183 Å². The van der Waals surface area contributed by atoms with E-state index in [0.29, 0.717) is 0 Å². The minimum absolute atomic E-state index is 0.155. The lowest BCUT2D eigenvalue weighted by Crippen LogP contribution is -2.63. The first-order valence-corrected chi connectivity index (χ1v) is 28.1. The van der Waals surface area contributed by atoms with Crippen molar-refractivity contribution in [3.8, 4) is 23.0 Å². The van der Waals surface area contributed by atoms with Gasteiger partial charge in [-0.25, -0.2) is 0 Å². The maximum absolute atomic E-state index is 7.30. The Labute approximate surface area is 476 Å². The van der Waals surface area contributed by atoms with Crippen molar-refractivity contribution in [2.75, 3.05) is 19.6 Å². The van der Waals surface area contributed by atoms with Gasteiger partial charge in [-0.1, -0.05) is 152 Å². The third-order valence-corrected chi connectivity index (χ3v) is 17.0. The Hall–Kier alpha value is -10.7. The van der Waals surface area contributed by atoms with Crippen LogP contribution in [0.25, 0.3) is 21.5 Å². The standard InChI is InChI=1S/C74H48B2N4O2/c1-7-23-51(24-8-1)77(52-25-9-2-10-26-52)57-39-41-59-49(43-57)45-67-71-73(59)81-69-37-21-19-35-61(69)75(71)63-47-64-66(48-65(63)79(67)55-31-15-5-16-32-55)80(56-33-17-6-18-34-56)68-46-50-44-58(78(53-27-11-3-12-28-53)54-29-13-4-14-30-54)40-42-60(50)74-72(68)76(64)62-36-20-22-38-70(62)82-74/h1-48H. The summed E-state index contributed by atoms with van der Waals surface area (Å²) in [4.78, 5) is 9.67. The van der Waals surface area contributed by atoms with Crippen LogP contribution in [0.4, 0.5) is 68.2 Å². The molecule has 0 saturated heterocycles. The molecule has 4 aliphatic rings. The van der Waals surface area contributed by atoms with Crippen LogP contribution in [-0.2, 0) is 0 Å². The number of fused-ring (bicyclic) bond motifs is 12. The number of rotatable bonds is 8. The van der Waals surface area contributed by atoms with Crippen molar-refractivity contribution in [3.05, 3.63) is 291 Å². The molecule has 13 aromatic carbocycles. The lowest BCUT2D eigenvalue weighted by molar-refractivity contribution is 0.493. The van der Waals surface area contributed by atoms with Crippen LogP contribution in [-0.4, -0.2) is 13.4 Å². The van der Waals surface area contributed by atoms with Crippen LogP contribution in [0, 0.1) is 0 Å². The molecule has 0 spiro atoms. The van der Waals surface area contributed by atoms with Crippen molar-refractivity contribution in [3.63, 3.8) is 0 Å². The highest BCUT2D eigenvalue weighted by Gasteiger charge is 2.48. The molecule has 4 heterocycles. The van der Waals surface area contributed by atoms with Gasteiger partial charge in [0.2, 0.25) is 0 Å². The van der Waals surface area contributed by atoms with E-state index in [2.05, 4.69) is 311 Å². The molecule has 0 radical (unpaired) electrons. The number of hydrogen-bond donors (Lipinski definition) is 0. The van der Waals surface area contributed by atoms with Crippen LogP contribution in [0.2, 0.25) is 0 Å². The van der Waals surface area contributed by atoms with Crippen molar-refractivity contribution in [1.29, 1.82) is 0 Å².